The van der Waals surface area contributed by atoms with E-state index in [0.29, 0.717) is 13.0 Å². The van der Waals surface area contributed by atoms with E-state index in [4.69, 9.17) is 5.11 Å². The van der Waals surface area contributed by atoms with Crippen molar-refractivity contribution in [2.75, 3.05) is 11.6 Å². The van der Waals surface area contributed by atoms with Crippen LogP contribution in [0.4, 0.5) is 5.82 Å². The van der Waals surface area contributed by atoms with Crippen LogP contribution in [0.15, 0.2) is 24.3 Å². The minimum atomic E-state index is -0.882. The second-order valence-corrected chi connectivity index (χ2v) is 5.85. The molecule has 0 fully saturated rings. The van der Waals surface area contributed by atoms with Crippen molar-refractivity contribution in [2.45, 2.75) is 32.6 Å². The summed E-state index contributed by atoms with van der Waals surface area (Å²) in [4.78, 5) is 27.1. The number of nitrogens with one attached hydrogen (secondary N) is 1. The molecule has 2 aromatic rings. The Morgan fingerprint density at radius 1 is 1.30 bits per heavy atom. The fraction of sp³-hybridized carbons (Fsp3) is 0.353. The minimum absolute atomic E-state index is 0.00612. The molecule has 0 saturated heterocycles. The Hall–Kier alpha value is -2.63. The van der Waals surface area contributed by atoms with Crippen molar-refractivity contribution in [1.29, 1.82) is 0 Å². The van der Waals surface area contributed by atoms with E-state index < -0.39 is 5.97 Å². The van der Waals surface area contributed by atoms with Crippen LogP contribution in [0.1, 0.15) is 30.4 Å². The van der Waals surface area contributed by atoms with E-state index in [-0.39, 0.29) is 18.7 Å². The Labute approximate surface area is 134 Å². The number of nitrogens with zero attached hydrogens (tertiary/aromatic N) is 2. The van der Waals surface area contributed by atoms with Crippen LogP contribution in [0.5, 0.6) is 0 Å². The van der Waals surface area contributed by atoms with Crippen LogP contribution in [0.25, 0.3) is 10.9 Å². The summed E-state index contributed by atoms with van der Waals surface area (Å²) in [5, 5.41) is 11.5. The summed E-state index contributed by atoms with van der Waals surface area (Å²) in [5.41, 5.74) is 6.00. The number of carbonyl (C=O) groups excluding carboxylic acids is 1. The van der Waals surface area contributed by atoms with E-state index in [1.54, 1.807) is 5.01 Å². The fourth-order valence-electron chi connectivity index (χ4n) is 2.78. The Kier molecular flexibility index (Phi) is 4.14. The van der Waals surface area contributed by atoms with Gasteiger partial charge in [-0.25, -0.2) is 4.98 Å². The predicted molar refractivity (Wildman–Crippen MR) is 87.2 cm³/mol. The summed E-state index contributed by atoms with van der Waals surface area (Å²) < 4.78 is 0. The number of carbonyl (C=O) groups is 2. The third-order valence-electron chi connectivity index (χ3n) is 3.94. The number of carboxylic acid groups (broad SMARTS) is 1. The van der Waals surface area contributed by atoms with Gasteiger partial charge in [-0.15, -0.1) is 0 Å². The first-order valence-electron chi connectivity index (χ1n) is 7.72. The summed E-state index contributed by atoms with van der Waals surface area (Å²) in [6.07, 6.45) is 1.38. The van der Waals surface area contributed by atoms with Crippen LogP contribution in [-0.2, 0) is 16.0 Å². The molecule has 0 saturated carbocycles. The van der Waals surface area contributed by atoms with Gasteiger partial charge in [0.25, 0.3) is 0 Å². The summed E-state index contributed by atoms with van der Waals surface area (Å²) in [7, 11) is 0. The van der Waals surface area contributed by atoms with Crippen LogP contribution in [0.3, 0.4) is 0 Å². The molecule has 23 heavy (non-hydrogen) atoms. The number of pyridine rings is 1. The van der Waals surface area contributed by atoms with E-state index in [0.717, 1.165) is 34.3 Å². The van der Waals surface area contributed by atoms with E-state index in [1.165, 1.54) is 0 Å². The number of aryl methyl sites for hydroxylation is 1. The summed E-state index contributed by atoms with van der Waals surface area (Å²) in [5.74, 6) is -0.271. The molecule has 0 spiro atoms. The van der Waals surface area contributed by atoms with E-state index in [9.17, 15) is 9.59 Å². The molecule has 1 aliphatic rings. The van der Waals surface area contributed by atoms with Gasteiger partial charge in [0.05, 0.1) is 5.52 Å². The minimum Gasteiger partial charge on any atom is -0.481 e. The molecule has 0 atom stereocenters. The molecule has 1 amide bonds. The molecule has 1 aromatic heterocycles. The highest BCUT2D eigenvalue weighted by molar-refractivity contribution is 5.84. The number of hydrogen-bond acceptors (Lipinski definition) is 4. The zero-order valence-electron chi connectivity index (χ0n) is 13.0. The largest absolute Gasteiger partial charge is 0.481 e. The summed E-state index contributed by atoms with van der Waals surface area (Å²) in [6, 6.07) is 8.27. The number of fused-ring (bicyclic) bond motifs is 2. The number of hydrazine groups is 1. The standard InChI is InChI=1S/C17H19N3O3/c1-11-5-6-12-10-13-7-8-20(17(13)18-14(12)9-11)19-15(21)3-2-4-16(22)23/h5-6,9-10H,2-4,7-8H2,1H3,(H,19,21)(H,22,23). The third kappa shape index (κ3) is 3.41. The quantitative estimate of drug-likeness (QED) is 0.884. The van der Waals surface area contributed by atoms with Gasteiger partial charge < -0.3 is 5.11 Å². The lowest BCUT2D eigenvalue weighted by Crippen LogP contribution is -2.41. The van der Waals surface area contributed by atoms with Gasteiger partial charge in [0.2, 0.25) is 5.91 Å². The van der Waals surface area contributed by atoms with Crippen LogP contribution in [0, 0.1) is 6.92 Å². The lowest BCUT2D eigenvalue weighted by Gasteiger charge is -2.19. The highest BCUT2D eigenvalue weighted by atomic mass is 16.4. The van der Waals surface area contributed by atoms with Crippen molar-refractivity contribution in [3.63, 3.8) is 0 Å². The Morgan fingerprint density at radius 3 is 2.91 bits per heavy atom. The zero-order chi connectivity index (χ0) is 16.4. The smallest absolute Gasteiger partial charge is 0.303 e. The first kappa shape index (κ1) is 15.3. The van der Waals surface area contributed by atoms with E-state index in [2.05, 4.69) is 28.6 Å². The topological polar surface area (TPSA) is 82.5 Å². The second kappa shape index (κ2) is 6.24. The van der Waals surface area contributed by atoms with Gasteiger partial charge in [-0.2, -0.15) is 0 Å². The van der Waals surface area contributed by atoms with Gasteiger partial charge in [-0.3, -0.25) is 20.0 Å². The zero-order valence-corrected chi connectivity index (χ0v) is 13.0. The SMILES string of the molecule is Cc1ccc2cc3c(nc2c1)N(NC(=O)CCCC(=O)O)CC3. The van der Waals surface area contributed by atoms with Crippen molar-refractivity contribution in [2.24, 2.45) is 0 Å². The van der Waals surface area contributed by atoms with Crippen molar-refractivity contribution < 1.29 is 14.7 Å². The van der Waals surface area contributed by atoms with Crippen molar-refractivity contribution in [1.82, 2.24) is 10.4 Å². The van der Waals surface area contributed by atoms with Gasteiger partial charge in [0, 0.05) is 24.8 Å². The van der Waals surface area contributed by atoms with Gasteiger partial charge >= 0.3 is 5.97 Å². The number of hydrogen-bond donors (Lipinski definition) is 2. The first-order valence-corrected chi connectivity index (χ1v) is 7.72. The number of amides is 1. The Morgan fingerprint density at radius 2 is 2.13 bits per heavy atom. The normalized spacial score (nSPS) is 13.2. The molecule has 1 aliphatic heterocycles. The number of aromatic nitrogens is 1. The summed E-state index contributed by atoms with van der Waals surface area (Å²) >= 11 is 0. The maximum absolute atomic E-state index is 11.9. The van der Waals surface area contributed by atoms with Crippen molar-refractivity contribution in [3.05, 3.63) is 35.4 Å². The van der Waals surface area contributed by atoms with Crippen LogP contribution in [-0.4, -0.2) is 28.5 Å². The lowest BCUT2D eigenvalue weighted by molar-refractivity contribution is -0.137. The first-order chi connectivity index (χ1) is 11.0. The molecule has 2 N–H and O–H groups in total. The molecule has 2 heterocycles. The Balaban J connectivity index is 1.73. The fourth-order valence-corrected chi connectivity index (χ4v) is 2.78. The molecular formula is C17H19N3O3. The molecule has 3 rings (SSSR count). The number of carboxylic acids is 1. The molecule has 0 aliphatic carbocycles. The molecule has 0 unspecified atom stereocenters. The van der Waals surface area contributed by atoms with Gasteiger partial charge in [-0.1, -0.05) is 12.1 Å². The number of anilines is 1. The molecule has 120 valence electrons. The summed E-state index contributed by atoms with van der Waals surface area (Å²) in [6.45, 7) is 2.71. The average molecular weight is 313 g/mol. The van der Waals surface area contributed by atoms with Gasteiger partial charge in [-0.05, 0) is 43.0 Å². The number of benzene rings is 1. The third-order valence-corrected chi connectivity index (χ3v) is 3.94. The molecule has 0 radical (unpaired) electrons. The lowest BCUT2D eigenvalue weighted by atomic mass is 10.1. The van der Waals surface area contributed by atoms with Crippen molar-refractivity contribution in [3.8, 4) is 0 Å². The molecule has 1 aromatic carbocycles. The van der Waals surface area contributed by atoms with Crippen molar-refractivity contribution >= 4 is 28.6 Å². The Bertz CT molecular complexity index is 773. The van der Waals surface area contributed by atoms with Crippen LogP contribution < -0.4 is 10.4 Å². The maximum atomic E-state index is 11.9. The van der Waals surface area contributed by atoms with E-state index in [1.807, 2.05) is 13.0 Å². The van der Waals surface area contributed by atoms with Gasteiger partial charge in [0.15, 0.2) is 5.82 Å². The molecule has 6 heteroatoms. The second-order valence-electron chi connectivity index (χ2n) is 5.85. The van der Waals surface area contributed by atoms with Crippen LogP contribution in [0.2, 0.25) is 0 Å². The molecule has 0 bridgehead atoms. The monoisotopic (exact) mass is 313 g/mol. The number of rotatable bonds is 5. The molecule has 6 nitrogen and oxygen atoms in total. The van der Waals surface area contributed by atoms with E-state index >= 15 is 0 Å². The highest BCUT2D eigenvalue weighted by Crippen LogP contribution is 2.28. The maximum Gasteiger partial charge on any atom is 0.303 e. The van der Waals surface area contributed by atoms with Gasteiger partial charge in [0.1, 0.15) is 0 Å². The highest BCUT2D eigenvalue weighted by Gasteiger charge is 2.23. The number of aliphatic carboxylic acids is 1. The average Bonchev–Trinajstić information content (AvgIpc) is 2.86. The predicted octanol–water partition coefficient (Wildman–Crippen LogP) is 2.19. The molecular weight excluding hydrogens is 294 g/mol. The van der Waals surface area contributed by atoms with Crippen LogP contribution >= 0.6 is 0 Å².